The van der Waals surface area contributed by atoms with Crippen LogP contribution in [0.25, 0.3) is 0 Å². The molecule has 0 saturated carbocycles. The molecule has 0 aliphatic carbocycles. The Morgan fingerprint density at radius 2 is 2.12 bits per heavy atom. The molecule has 1 atom stereocenters. The van der Waals surface area contributed by atoms with Gasteiger partial charge >= 0.3 is 0 Å². The molecule has 0 saturated heterocycles. The van der Waals surface area contributed by atoms with Crippen molar-refractivity contribution in [1.29, 1.82) is 0 Å². The van der Waals surface area contributed by atoms with Crippen molar-refractivity contribution in [3.8, 4) is 0 Å². The first-order chi connectivity index (χ1) is 7.83. The molecule has 1 aromatic rings. The van der Waals surface area contributed by atoms with Gasteiger partial charge in [-0.15, -0.1) is 0 Å². The molecule has 0 aliphatic heterocycles. The Balaban J connectivity index is 2.90. The summed E-state index contributed by atoms with van der Waals surface area (Å²) >= 11 is 0. The summed E-state index contributed by atoms with van der Waals surface area (Å²) in [5, 5.41) is 0. The fourth-order valence-corrected chi connectivity index (χ4v) is 2.81. The number of aromatic amines is 1. The second-order valence-corrected chi connectivity index (χ2v) is 5.84. The summed E-state index contributed by atoms with van der Waals surface area (Å²) in [7, 11) is -0.0615. The van der Waals surface area contributed by atoms with Gasteiger partial charge in [0, 0.05) is 31.0 Å². The van der Waals surface area contributed by atoms with Crippen molar-refractivity contribution < 1.29 is 8.42 Å². The molecule has 0 spiro atoms. The van der Waals surface area contributed by atoms with Crippen LogP contribution in [-0.4, -0.2) is 45.0 Å². The standard InChI is InChI=1S/C10H17N3O3S/c1-8(7-13(2)3)12-17(15,16)10-6-11-5-4-9(10)14/h4-6,8,12H,7H2,1-3H3,(H,11,14). The van der Waals surface area contributed by atoms with Crippen LogP contribution in [0.2, 0.25) is 0 Å². The lowest BCUT2D eigenvalue weighted by molar-refractivity contribution is 0.370. The Hall–Kier alpha value is -1.18. The topological polar surface area (TPSA) is 82.3 Å². The Kier molecular flexibility index (Phi) is 4.44. The van der Waals surface area contributed by atoms with Crippen molar-refractivity contribution >= 4 is 10.0 Å². The van der Waals surface area contributed by atoms with E-state index in [9.17, 15) is 13.2 Å². The fraction of sp³-hybridized carbons (Fsp3) is 0.500. The second-order valence-electron chi connectivity index (χ2n) is 4.16. The Bertz CT molecular complexity index is 522. The zero-order chi connectivity index (χ0) is 13.1. The van der Waals surface area contributed by atoms with Gasteiger partial charge in [-0.1, -0.05) is 0 Å². The molecule has 1 aromatic heterocycles. The van der Waals surface area contributed by atoms with E-state index in [0.29, 0.717) is 6.54 Å². The maximum absolute atomic E-state index is 11.9. The van der Waals surface area contributed by atoms with E-state index in [1.165, 1.54) is 18.5 Å². The smallest absolute Gasteiger partial charge is 0.246 e. The van der Waals surface area contributed by atoms with E-state index in [0.717, 1.165) is 0 Å². The van der Waals surface area contributed by atoms with Gasteiger partial charge in [0.25, 0.3) is 0 Å². The van der Waals surface area contributed by atoms with Gasteiger partial charge in [0.1, 0.15) is 4.90 Å². The summed E-state index contributed by atoms with van der Waals surface area (Å²) in [6.45, 7) is 2.30. The normalized spacial score (nSPS) is 13.9. The van der Waals surface area contributed by atoms with E-state index in [1.54, 1.807) is 6.92 Å². The number of H-pyrrole nitrogens is 1. The number of nitrogens with zero attached hydrogens (tertiary/aromatic N) is 1. The van der Waals surface area contributed by atoms with E-state index in [1.807, 2.05) is 19.0 Å². The van der Waals surface area contributed by atoms with Gasteiger partial charge in [0.05, 0.1) is 0 Å². The molecule has 96 valence electrons. The van der Waals surface area contributed by atoms with Gasteiger partial charge in [-0.3, -0.25) is 4.79 Å². The molecule has 17 heavy (non-hydrogen) atoms. The average Bonchev–Trinajstić information content (AvgIpc) is 2.15. The van der Waals surface area contributed by atoms with E-state index in [-0.39, 0.29) is 10.9 Å². The zero-order valence-corrected chi connectivity index (χ0v) is 10.9. The number of hydrogen-bond acceptors (Lipinski definition) is 4. The lowest BCUT2D eigenvalue weighted by Crippen LogP contribution is -2.40. The minimum atomic E-state index is -3.76. The van der Waals surface area contributed by atoms with Gasteiger partial charge in [-0.05, 0) is 21.0 Å². The highest BCUT2D eigenvalue weighted by molar-refractivity contribution is 7.89. The van der Waals surface area contributed by atoms with E-state index in [2.05, 4.69) is 9.71 Å². The van der Waals surface area contributed by atoms with E-state index >= 15 is 0 Å². The third-order valence-corrected chi connectivity index (χ3v) is 3.68. The largest absolute Gasteiger partial charge is 0.366 e. The molecule has 0 aliphatic rings. The molecule has 0 fully saturated rings. The number of pyridine rings is 1. The van der Waals surface area contributed by atoms with Crippen molar-refractivity contribution in [1.82, 2.24) is 14.6 Å². The van der Waals surface area contributed by atoms with Crippen LogP contribution in [-0.2, 0) is 10.0 Å². The van der Waals surface area contributed by atoms with Crippen molar-refractivity contribution in [2.24, 2.45) is 0 Å². The molecule has 0 amide bonds. The highest BCUT2D eigenvalue weighted by atomic mass is 32.2. The second kappa shape index (κ2) is 5.44. The molecule has 7 heteroatoms. The lowest BCUT2D eigenvalue weighted by Gasteiger charge is -2.17. The van der Waals surface area contributed by atoms with Crippen LogP contribution >= 0.6 is 0 Å². The summed E-state index contributed by atoms with van der Waals surface area (Å²) < 4.78 is 26.2. The third-order valence-electron chi connectivity index (χ3n) is 2.07. The van der Waals surface area contributed by atoms with Gasteiger partial charge in [0.15, 0.2) is 0 Å². The Labute approximate surface area is 101 Å². The predicted molar refractivity (Wildman–Crippen MR) is 65.4 cm³/mol. The number of nitrogens with one attached hydrogen (secondary N) is 2. The summed E-state index contributed by atoms with van der Waals surface area (Å²) in [6.07, 6.45) is 2.58. The SMILES string of the molecule is CC(CN(C)C)NS(=O)(=O)c1c[nH]ccc1=O. The number of hydrogen-bond donors (Lipinski definition) is 2. The van der Waals surface area contributed by atoms with Crippen LogP contribution < -0.4 is 10.2 Å². The van der Waals surface area contributed by atoms with Crippen LogP contribution in [0.3, 0.4) is 0 Å². The van der Waals surface area contributed by atoms with Crippen molar-refractivity contribution in [3.05, 3.63) is 28.7 Å². The molecule has 0 aromatic carbocycles. The number of likely N-dealkylation sites (N-methyl/N-ethyl adjacent to an activating group) is 1. The van der Waals surface area contributed by atoms with Crippen molar-refractivity contribution in [3.63, 3.8) is 0 Å². The molecule has 1 unspecified atom stereocenters. The van der Waals surface area contributed by atoms with Gasteiger partial charge in [-0.25, -0.2) is 13.1 Å². The first kappa shape index (κ1) is 13.9. The molecule has 0 radical (unpaired) electrons. The van der Waals surface area contributed by atoms with Gasteiger partial charge < -0.3 is 9.88 Å². The maximum Gasteiger partial charge on any atom is 0.246 e. The van der Waals surface area contributed by atoms with Crippen molar-refractivity contribution in [2.45, 2.75) is 17.9 Å². The first-order valence-electron chi connectivity index (χ1n) is 5.17. The predicted octanol–water partition coefficient (Wildman–Crippen LogP) is -0.397. The highest BCUT2D eigenvalue weighted by Crippen LogP contribution is 2.01. The summed E-state index contributed by atoms with van der Waals surface area (Å²) in [4.78, 5) is 15.6. The lowest BCUT2D eigenvalue weighted by atomic mass is 10.3. The van der Waals surface area contributed by atoms with E-state index < -0.39 is 15.5 Å². The number of rotatable bonds is 5. The molecular formula is C10H17N3O3S. The summed E-state index contributed by atoms with van der Waals surface area (Å²) in [5.74, 6) is 0. The van der Waals surface area contributed by atoms with Crippen LogP contribution in [0.4, 0.5) is 0 Å². The maximum atomic E-state index is 11.9. The van der Waals surface area contributed by atoms with Gasteiger partial charge in [0.2, 0.25) is 15.5 Å². The Morgan fingerprint density at radius 3 is 2.65 bits per heavy atom. The minimum Gasteiger partial charge on any atom is -0.366 e. The summed E-state index contributed by atoms with van der Waals surface area (Å²) in [6, 6.07) is 0.917. The minimum absolute atomic E-state index is 0.259. The third kappa shape index (κ3) is 3.95. The summed E-state index contributed by atoms with van der Waals surface area (Å²) in [5.41, 5.74) is -0.520. The molecule has 2 N–H and O–H groups in total. The molecule has 1 rings (SSSR count). The average molecular weight is 259 g/mol. The van der Waals surface area contributed by atoms with Gasteiger partial charge in [-0.2, -0.15) is 0 Å². The quantitative estimate of drug-likeness (QED) is 0.754. The highest BCUT2D eigenvalue weighted by Gasteiger charge is 2.20. The van der Waals surface area contributed by atoms with Crippen LogP contribution in [0.1, 0.15) is 6.92 Å². The molecule has 0 bridgehead atoms. The van der Waals surface area contributed by atoms with Crippen LogP contribution in [0, 0.1) is 0 Å². The zero-order valence-electron chi connectivity index (χ0n) is 10.1. The van der Waals surface area contributed by atoms with Crippen LogP contribution in [0.5, 0.6) is 0 Å². The van der Waals surface area contributed by atoms with Crippen molar-refractivity contribution in [2.75, 3.05) is 20.6 Å². The first-order valence-corrected chi connectivity index (χ1v) is 6.65. The molecule has 1 heterocycles. The fourth-order valence-electron chi connectivity index (χ4n) is 1.52. The molecule has 6 nitrogen and oxygen atoms in total. The van der Waals surface area contributed by atoms with Crippen LogP contribution in [0.15, 0.2) is 28.2 Å². The molecular weight excluding hydrogens is 242 g/mol. The Morgan fingerprint density at radius 1 is 1.47 bits per heavy atom. The number of sulfonamides is 1. The number of aromatic nitrogens is 1. The van der Waals surface area contributed by atoms with E-state index in [4.69, 9.17) is 0 Å². The monoisotopic (exact) mass is 259 g/mol.